The summed E-state index contributed by atoms with van der Waals surface area (Å²) in [6, 6.07) is 10.7. The van der Waals surface area contributed by atoms with Crippen LogP contribution in [-0.2, 0) is 6.42 Å². The maximum Gasteiger partial charge on any atom is 0.269 e. The van der Waals surface area contributed by atoms with E-state index in [-0.39, 0.29) is 5.91 Å². The highest BCUT2D eigenvalue weighted by atomic mass is 35.5. The number of halogens is 2. The van der Waals surface area contributed by atoms with Crippen LogP contribution in [0.4, 0.5) is 0 Å². The molecular formula is C14H12Cl2N2O. The number of hydrogen-bond acceptors (Lipinski definition) is 2. The van der Waals surface area contributed by atoms with Gasteiger partial charge in [-0.05, 0) is 36.2 Å². The first-order chi connectivity index (χ1) is 9.15. The lowest BCUT2D eigenvalue weighted by molar-refractivity contribution is 0.0949. The van der Waals surface area contributed by atoms with E-state index in [0.29, 0.717) is 22.3 Å². The highest BCUT2D eigenvalue weighted by Crippen LogP contribution is 2.10. The third-order valence-electron chi connectivity index (χ3n) is 2.57. The maximum atomic E-state index is 11.8. The predicted octanol–water partition coefficient (Wildman–Crippen LogP) is 3.36. The molecule has 2 aromatic rings. The fourth-order valence-electron chi connectivity index (χ4n) is 1.59. The molecule has 2 rings (SSSR count). The van der Waals surface area contributed by atoms with E-state index in [1.165, 1.54) is 6.20 Å². The van der Waals surface area contributed by atoms with Gasteiger partial charge in [0, 0.05) is 22.8 Å². The van der Waals surface area contributed by atoms with E-state index in [9.17, 15) is 4.79 Å². The Balaban J connectivity index is 1.86. The van der Waals surface area contributed by atoms with Gasteiger partial charge in [0.2, 0.25) is 0 Å². The number of nitrogens with zero attached hydrogens (tertiary/aromatic N) is 1. The molecule has 0 saturated heterocycles. The third-order valence-corrected chi connectivity index (χ3v) is 3.05. The molecule has 0 spiro atoms. The van der Waals surface area contributed by atoms with E-state index >= 15 is 0 Å². The molecule has 3 nitrogen and oxygen atoms in total. The number of hydrogen-bond donors (Lipinski definition) is 1. The summed E-state index contributed by atoms with van der Waals surface area (Å²) in [5.74, 6) is -0.225. The molecule has 1 N–H and O–H groups in total. The second-order valence-corrected chi connectivity index (χ2v) is 4.86. The van der Waals surface area contributed by atoms with Crippen LogP contribution in [-0.4, -0.2) is 17.4 Å². The van der Waals surface area contributed by atoms with Crippen molar-refractivity contribution < 1.29 is 4.79 Å². The Hall–Kier alpha value is -1.58. The van der Waals surface area contributed by atoms with Crippen molar-refractivity contribution in [3.8, 4) is 0 Å². The molecule has 5 heteroatoms. The van der Waals surface area contributed by atoms with Crippen LogP contribution in [0.3, 0.4) is 0 Å². The first kappa shape index (κ1) is 13.8. The Morgan fingerprint density at radius 1 is 1.11 bits per heavy atom. The van der Waals surface area contributed by atoms with Crippen molar-refractivity contribution in [2.75, 3.05) is 6.54 Å². The van der Waals surface area contributed by atoms with Crippen LogP contribution < -0.4 is 5.32 Å². The molecule has 98 valence electrons. The zero-order valence-corrected chi connectivity index (χ0v) is 11.6. The molecule has 0 aliphatic carbocycles. The molecule has 0 aliphatic rings. The topological polar surface area (TPSA) is 42.0 Å². The van der Waals surface area contributed by atoms with Gasteiger partial charge in [-0.2, -0.15) is 0 Å². The van der Waals surface area contributed by atoms with Crippen LogP contribution in [0.2, 0.25) is 10.0 Å². The maximum absolute atomic E-state index is 11.8. The van der Waals surface area contributed by atoms with Crippen LogP contribution in [0, 0.1) is 0 Å². The molecule has 19 heavy (non-hydrogen) atoms. The fraction of sp³-hybridized carbons (Fsp3) is 0.143. The van der Waals surface area contributed by atoms with Crippen molar-refractivity contribution in [3.05, 3.63) is 63.9 Å². The third kappa shape index (κ3) is 4.23. The normalized spacial score (nSPS) is 10.2. The summed E-state index contributed by atoms with van der Waals surface area (Å²) in [5, 5.41) is 4.00. The molecule has 0 aliphatic heterocycles. The predicted molar refractivity (Wildman–Crippen MR) is 76.7 cm³/mol. The monoisotopic (exact) mass is 294 g/mol. The van der Waals surface area contributed by atoms with E-state index in [4.69, 9.17) is 23.2 Å². The number of amides is 1. The van der Waals surface area contributed by atoms with Crippen LogP contribution in [0.25, 0.3) is 0 Å². The lowest BCUT2D eigenvalue weighted by Gasteiger charge is -2.05. The van der Waals surface area contributed by atoms with E-state index in [2.05, 4.69) is 10.3 Å². The highest BCUT2D eigenvalue weighted by Gasteiger charge is 2.06. The zero-order chi connectivity index (χ0) is 13.7. The Labute approximate surface area is 121 Å². The summed E-state index contributed by atoms with van der Waals surface area (Å²) >= 11 is 11.6. The summed E-state index contributed by atoms with van der Waals surface area (Å²) in [6.45, 7) is 0.536. The van der Waals surface area contributed by atoms with E-state index in [1.54, 1.807) is 12.1 Å². The van der Waals surface area contributed by atoms with Crippen molar-refractivity contribution in [3.63, 3.8) is 0 Å². The quantitative estimate of drug-likeness (QED) is 0.939. The molecule has 1 aromatic heterocycles. The smallest absolute Gasteiger partial charge is 0.269 e. The Bertz CT molecular complexity index is 570. The summed E-state index contributed by atoms with van der Waals surface area (Å²) in [5.41, 5.74) is 1.44. The van der Waals surface area contributed by atoms with Crippen molar-refractivity contribution in [2.45, 2.75) is 6.42 Å². The lowest BCUT2D eigenvalue weighted by Crippen LogP contribution is -2.26. The first-order valence-corrected chi connectivity index (χ1v) is 6.55. The van der Waals surface area contributed by atoms with Gasteiger partial charge in [0.1, 0.15) is 5.69 Å². The highest BCUT2D eigenvalue weighted by molar-refractivity contribution is 6.31. The minimum Gasteiger partial charge on any atom is -0.350 e. The van der Waals surface area contributed by atoms with Crippen molar-refractivity contribution >= 4 is 29.1 Å². The minimum atomic E-state index is -0.225. The molecular weight excluding hydrogens is 283 g/mol. The molecule has 1 heterocycles. The number of pyridine rings is 1. The van der Waals surface area contributed by atoms with Crippen molar-refractivity contribution in [1.29, 1.82) is 0 Å². The average molecular weight is 295 g/mol. The fourth-order valence-corrected chi connectivity index (χ4v) is 1.88. The van der Waals surface area contributed by atoms with Gasteiger partial charge >= 0.3 is 0 Å². The van der Waals surface area contributed by atoms with Crippen molar-refractivity contribution in [2.24, 2.45) is 0 Å². The van der Waals surface area contributed by atoms with E-state index in [1.807, 2.05) is 24.3 Å². The molecule has 0 saturated carbocycles. The molecule has 0 radical (unpaired) electrons. The van der Waals surface area contributed by atoms with E-state index in [0.717, 1.165) is 12.0 Å². The Morgan fingerprint density at radius 2 is 1.84 bits per heavy atom. The minimum absolute atomic E-state index is 0.225. The number of carbonyl (C=O) groups is 1. The summed E-state index contributed by atoms with van der Waals surface area (Å²) in [6.07, 6.45) is 2.25. The zero-order valence-electron chi connectivity index (χ0n) is 10.1. The van der Waals surface area contributed by atoms with Gasteiger partial charge in [-0.15, -0.1) is 0 Å². The Kier molecular flexibility index (Phi) is 4.77. The van der Waals surface area contributed by atoms with Gasteiger partial charge in [-0.25, -0.2) is 0 Å². The van der Waals surface area contributed by atoms with Crippen molar-refractivity contribution in [1.82, 2.24) is 10.3 Å². The van der Waals surface area contributed by atoms with Crippen LogP contribution in [0.15, 0.2) is 42.6 Å². The molecule has 1 aromatic carbocycles. The molecule has 0 fully saturated rings. The molecule has 0 bridgehead atoms. The first-order valence-electron chi connectivity index (χ1n) is 5.79. The van der Waals surface area contributed by atoms with Gasteiger partial charge in [-0.1, -0.05) is 35.3 Å². The van der Waals surface area contributed by atoms with Gasteiger partial charge in [0.25, 0.3) is 5.91 Å². The summed E-state index contributed by atoms with van der Waals surface area (Å²) in [7, 11) is 0. The molecule has 0 atom stereocenters. The van der Waals surface area contributed by atoms with Gasteiger partial charge in [0.05, 0.1) is 0 Å². The summed E-state index contributed by atoms with van der Waals surface area (Å²) < 4.78 is 0. The number of benzene rings is 1. The second kappa shape index (κ2) is 6.55. The van der Waals surface area contributed by atoms with E-state index < -0.39 is 0 Å². The number of aromatic nitrogens is 1. The number of nitrogens with one attached hydrogen (secondary N) is 1. The number of carbonyl (C=O) groups excluding carboxylic acids is 1. The van der Waals surface area contributed by atoms with Gasteiger partial charge in [0.15, 0.2) is 0 Å². The Morgan fingerprint density at radius 3 is 2.53 bits per heavy atom. The number of rotatable bonds is 4. The largest absolute Gasteiger partial charge is 0.350 e. The van der Waals surface area contributed by atoms with Crippen LogP contribution in [0.5, 0.6) is 0 Å². The average Bonchev–Trinajstić information content (AvgIpc) is 2.41. The SMILES string of the molecule is O=C(NCCc1ccc(Cl)cc1)c1cc(Cl)ccn1. The molecule has 0 unspecified atom stereocenters. The molecule has 1 amide bonds. The summed E-state index contributed by atoms with van der Waals surface area (Å²) in [4.78, 5) is 15.8. The standard InChI is InChI=1S/C14H12Cl2N2O/c15-11-3-1-10(2-4-11)5-7-18-14(19)13-9-12(16)6-8-17-13/h1-4,6,8-9H,5,7H2,(H,18,19). The van der Waals surface area contributed by atoms with Crippen LogP contribution >= 0.6 is 23.2 Å². The van der Waals surface area contributed by atoms with Crippen LogP contribution in [0.1, 0.15) is 16.1 Å². The lowest BCUT2D eigenvalue weighted by atomic mass is 10.1. The van der Waals surface area contributed by atoms with Gasteiger partial charge < -0.3 is 5.32 Å². The second-order valence-electron chi connectivity index (χ2n) is 3.99. The van der Waals surface area contributed by atoms with Gasteiger partial charge in [-0.3, -0.25) is 9.78 Å².